The SMILES string of the molecule is CCOCC(C)NC(=O)C1CCCCCCN1. The van der Waals surface area contributed by atoms with E-state index in [-0.39, 0.29) is 18.0 Å². The van der Waals surface area contributed by atoms with Crippen LogP contribution < -0.4 is 10.6 Å². The Morgan fingerprint density at radius 1 is 1.41 bits per heavy atom. The first-order valence-electron chi connectivity index (χ1n) is 6.85. The molecule has 0 bridgehead atoms. The fourth-order valence-corrected chi connectivity index (χ4v) is 2.11. The lowest BCUT2D eigenvalue weighted by atomic mass is 10.0. The number of carbonyl (C=O) groups excluding carboxylic acids is 1. The van der Waals surface area contributed by atoms with Crippen LogP contribution in [0.5, 0.6) is 0 Å². The van der Waals surface area contributed by atoms with Crippen molar-refractivity contribution in [3.63, 3.8) is 0 Å². The van der Waals surface area contributed by atoms with Crippen LogP contribution in [0, 0.1) is 0 Å². The van der Waals surface area contributed by atoms with Gasteiger partial charge >= 0.3 is 0 Å². The molecule has 100 valence electrons. The van der Waals surface area contributed by atoms with Gasteiger partial charge in [0.1, 0.15) is 0 Å². The zero-order chi connectivity index (χ0) is 12.5. The summed E-state index contributed by atoms with van der Waals surface area (Å²) in [5.74, 6) is 0.124. The van der Waals surface area contributed by atoms with E-state index in [1.165, 1.54) is 19.3 Å². The normalized spacial score (nSPS) is 23.5. The summed E-state index contributed by atoms with van der Waals surface area (Å²) in [5.41, 5.74) is 0. The molecule has 4 nitrogen and oxygen atoms in total. The molecule has 2 unspecified atom stereocenters. The summed E-state index contributed by atoms with van der Waals surface area (Å²) in [4.78, 5) is 12.0. The van der Waals surface area contributed by atoms with Gasteiger partial charge in [-0.1, -0.05) is 19.3 Å². The molecule has 2 N–H and O–H groups in total. The fourth-order valence-electron chi connectivity index (χ4n) is 2.11. The van der Waals surface area contributed by atoms with Crippen molar-refractivity contribution in [2.75, 3.05) is 19.8 Å². The van der Waals surface area contributed by atoms with Crippen LogP contribution in [-0.2, 0) is 9.53 Å². The number of carbonyl (C=O) groups is 1. The second-order valence-corrected chi connectivity index (χ2v) is 4.78. The zero-order valence-corrected chi connectivity index (χ0v) is 11.1. The summed E-state index contributed by atoms with van der Waals surface area (Å²) >= 11 is 0. The minimum absolute atomic E-state index is 0.0145. The average Bonchev–Trinajstić information content (AvgIpc) is 2.25. The third kappa shape index (κ3) is 6.03. The molecule has 1 saturated heterocycles. The van der Waals surface area contributed by atoms with E-state index in [0.717, 1.165) is 19.4 Å². The van der Waals surface area contributed by atoms with Crippen molar-refractivity contribution in [1.29, 1.82) is 0 Å². The van der Waals surface area contributed by atoms with E-state index in [9.17, 15) is 4.79 Å². The molecule has 0 aromatic heterocycles. The molecule has 1 aliphatic heterocycles. The number of nitrogens with one attached hydrogen (secondary N) is 2. The van der Waals surface area contributed by atoms with Crippen LogP contribution in [0.25, 0.3) is 0 Å². The predicted molar refractivity (Wildman–Crippen MR) is 69.0 cm³/mol. The highest BCUT2D eigenvalue weighted by molar-refractivity contribution is 5.81. The van der Waals surface area contributed by atoms with Crippen molar-refractivity contribution in [1.82, 2.24) is 10.6 Å². The number of hydrogen-bond acceptors (Lipinski definition) is 3. The van der Waals surface area contributed by atoms with Crippen molar-refractivity contribution in [2.45, 2.75) is 58.0 Å². The van der Waals surface area contributed by atoms with Gasteiger partial charge in [-0.3, -0.25) is 4.79 Å². The molecule has 0 aromatic carbocycles. The molecular formula is C13H26N2O2. The quantitative estimate of drug-likeness (QED) is 0.767. The first kappa shape index (κ1) is 14.5. The lowest BCUT2D eigenvalue weighted by Crippen LogP contribution is -2.48. The Morgan fingerprint density at radius 2 is 2.18 bits per heavy atom. The standard InChI is InChI=1S/C13H26N2O2/c1-3-17-10-11(2)15-13(16)12-8-6-4-5-7-9-14-12/h11-12,14H,3-10H2,1-2H3,(H,15,16). The molecule has 4 heteroatoms. The van der Waals surface area contributed by atoms with Gasteiger partial charge in [-0.15, -0.1) is 0 Å². The maximum atomic E-state index is 12.0. The molecule has 0 radical (unpaired) electrons. The van der Waals surface area contributed by atoms with Crippen molar-refractivity contribution >= 4 is 5.91 Å². The van der Waals surface area contributed by atoms with Gasteiger partial charge in [0.15, 0.2) is 0 Å². The van der Waals surface area contributed by atoms with E-state index >= 15 is 0 Å². The highest BCUT2D eigenvalue weighted by Crippen LogP contribution is 2.09. The van der Waals surface area contributed by atoms with E-state index in [0.29, 0.717) is 13.2 Å². The minimum atomic E-state index is -0.0145. The molecule has 1 heterocycles. The molecule has 1 fully saturated rings. The predicted octanol–water partition coefficient (Wildman–Crippen LogP) is 1.45. The van der Waals surface area contributed by atoms with Crippen LogP contribution >= 0.6 is 0 Å². The Kier molecular flexibility index (Phi) is 7.21. The number of hydrogen-bond donors (Lipinski definition) is 2. The van der Waals surface area contributed by atoms with Crippen molar-refractivity contribution in [2.24, 2.45) is 0 Å². The molecule has 0 aromatic rings. The van der Waals surface area contributed by atoms with E-state index in [1.54, 1.807) is 0 Å². The molecule has 1 aliphatic rings. The first-order chi connectivity index (χ1) is 8.24. The summed E-state index contributed by atoms with van der Waals surface area (Å²) in [6, 6.07) is 0.0778. The van der Waals surface area contributed by atoms with E-state index in [4.69, 9.17) is 4.74 Å². The van der Waals surface area contributed by atoms with Crippen LogP contribution in [-0.4, -0.2) is 37.7 Å². The van der Waals surface area contributed by atoms with Crippen LogP contribution in [0.15, 0.2) is 0 Å². The highest BCUT2D eigenvalue weighted by atomic mass is 16.5. The van der Waals surface area contributed by atoms with Gasteiger partial charge < -0.3 is 15.4 Å². The Balaban J connectivity index is 2.28. The van der Waals surface area contributed by atoms with Gasteiger partial charge in [0.25, 0.3) is 0 Å². The van der Waals surface area contributed by atoms with Gasteiger partial charge in [0, 0.05) is 12.6 Å². The Labute approximate surface area is 104 Å². The summed E-state index contributed by atoms with van der Waals surface area (Å²) in [7, 11) is 0. The number of ether oxygens (including phenoxy) is 1. The maximum Gasteiger partial charge on any atom is 0.237 e. The molecule has 2 atom stereocenters. The number of amides is 1. The Hall–Kier alpha value is -0.610. The lowest BCUT2D eigenvalue weighted by Gasteiger charge is -2.23. The van der Waals surface area contributed by atoms with Crippen LogP contribution in [0.1, 0.15) is 46.0 Å². The van der Waals surface area contributed by atoms with E-state index < -0.39 is 0 Å². The molecular weight excluding hydrogens is 216 g/mol. The smallest absolute Gasteiger partial charge is 0.237 e. The first-order valence-corrected chi connectivity index (χ1v) is 6.85. The molecule has 17 heavy (non-hydrogen) atoms. The van der Waals surface area contributed by atoms with Gasteiger partial charge in [0.05, 0.1) is 12.6 Å². The summed E-state index contributed by atoms with van der Waals surface area (Å²) in [6.45, 7) is 6.19. The Bertz CT molecular complexity index is 213. The average molecular weight is 242 g/mol. The van der Waals surface area contributed by atoms with Gasteiger partial charge in [-0.2, -0.15) is 0 Å². The molecule has 1 rings (SSSR count). The molecule has 1 amide bonds. The van der Waals surface area contributed by atoms with Crippen molar-refractivity contribution in [3.8, 4) is 0 Å². The third-order valence-electron chi connectivity index (χ3n) is 3.09. The van der Waals surface area contributed by atoms with Crippen LogP contribution in [0.4, 0.5) is 0 Å². The van der Waals surface area contributed by atoms with Crippen LogP contribution in [0.3, 0.4) is 0 Å². The summed E-state index contributed by atoms with van der Waals surface area (Å²) < 4.78 is 5.29. The fraction of sp³-hybridized carbons (Fsp3) is 0.923. The zero-order valence-electron chi connectivity index (χ0n) is 11.1. The second-order valence-electron chi connectivity index (χ2n) is 4.78. The van der Waals surface area contributed by atoms with Gasteiger partial charge in [0.2, 0.25) is 5.91 Å². The number of rotatable bonds is 5. The lowest BCUT2D eigenvalue weighted by molar-refractivity contribution is -0.124. The topological polar surface area (TPSA) is 50.4 Å². The summed E-state index contributed by atoms with van der Waals surface area (Å²) in [6.07, 6.45) is 5.80. The maximum absolute atomic E-state index is 12.0. The Morgan fingerprint density at radius 3 is 2.94 bits per heavy atom. The largest absolute Gasteiger partial charge is 0.380 e. The molecule has 0 spiro atoms. The molecule has 0 saturated carbocycles. The van der Waals surface area contributed by atoms with Crippen molar-refractivity contribution < 1.29 is 9.53 Å². The van der Waals surface area contributed by atoms with E-state index in [1.807, 2.05) is 13.8 Å². The van der Waals surface area contributed by atoms with Crippen molar-refractivity contribution in [3.05, 3.63) is 0 Å². The highest BCUT2D eigenvalue weighted by Gasteiger charge is 2.19. The van der Waals surface area contributed by atoms with E-state index in [2.05, 4.69) is 10.6 Å². The van der Waals surface area contributed by atoms with Crippen LogP contribution in [0.2, 0.25) is 0 Å². The monoisotopic (exact) mass is 242 g/mol. The van der Waals surface area contributed by atoms with Gasteiger partial charge in [-0.25, -0.2) is 0 Å². The molecule has 0 aliphatic carbocycles. The van der Waals surface area contributed by atoms with Gasteiger partial charge in [-0.05, 0) is 33.2 Å². The second kappa shape index (κ2) is 8.48. The minimum Gasteiger partial charge on any atom is -0.380 e. The summed E-state index contributed by atoms with van der Waals surface area (Å²) in [5, 5.41) is 6.34. The third-order valence-corrected chi connectivity index (χ3v) is 3.09.